The number of carbonyl (C=O) groups excluding carboxylic acids is 1. The summed E-state index contributed by atoms with van der Waals surface area (Å²) >= 11 is 0. The van der Waals surface area contributed by atoms with Gasteiger partial charge in [-0.15, -0.1) is 0 Å². The summed E-state index contributed by atoms with van der Waals surface area (Å²) in [6.07, 6.45) is 2.39. The molecule has 1 amide bonds. The Morgan fingerprint density at radius 3 is 2.70 bits per heavy atom. The molecule has 0 heterocycles. The van der Waals surface area contributed by atoms with E-state index >= 15 is 0 Å². The van der Waals surface area contributed by atoms with Crippen molar-refractivity contribution in [3.63, 3.8) is 0 Å². The Hall–Kier alpha value is -1.71. The number of rotatable bonds is 2. The highest BCUT2D eigenvalue weighted by Gasteiger charge is 2.34. The van der Waals surface area contributed by atoms with Gasteiger partial charge in [-0.05, 0) is 42.7 Å². The van der Waals surface area contributed by atoms with Crippen LogP contribution in [0.5, 0.6) is 5.75 Å². The number of phenols is 1. The molecule has 2 atom stereocenters. The number of carbonyl (C=O) groups is 1. The molecule has 0 spiro atoms. The summed E-state index contributed by atoms with van der Waals surface area (Å²) in [5.41, 5.74) is 0.581. The van der Waals surface area contributed by atoms with Gasteiger partial charge >= 0.3 is 6.09 Å². The van der Waals surface area contributed by atoms with Gasteiger partial charge < -0.3 is 9.84 Å². The van der Waals surface area contributed by atoms with E-state index in [1.165, 1.54) is 6.07 Å². The van der Waals surface area contributed by atoms with Crippen molar-refractivity contribution >= 4 is 11.8 Å². The highest BCUT2D eigenvalue weighted by atomic mass is 16.6. The predicted octanol–water partition coefficient (Wildman–Crippen LogP) is 4.16. The van der Waals surface area contributed by atoms with Crippen molar-refractivity contribution in [2.75, 3.05) is 5.32 Å². The van der Waals surface area contributed by atoms with Gasteiger partial charge in [0.05, 0.1) is 5.69 Å². The molecule has 0 bridgehead atoms. The quantitative estimate of drug-likeness (QED) is 0.798. The first kappa shape index (κ1) is 14.7. The zero-order valence-electron chi connectivity index (χ0n) is 12.3. The van der Waals surface area contributed by atoms with Crippen LogP contribution >= 0.6 is 0 Å². The second-order valence-electron chi connectivity index (χ2n) is 6.58. The topological polar surface area (TPSA) is 58.6 Å². The summed E-state index contributed by atoms with van der Waals surface area (Å²) in [5.74, 6) is 0.600. The Balaban J connectivity index is 1.93. The minimum atomic E-state index is -0.499. The maximum Gasteiger partial charge on any atom is 0.412 e. The van der Waals surface area contributed by atoms with E-state index in [0.29, 0.717) is 11.6 Å². The Morgan fingerprint density at radius 1 is 1.35 bits per heavy atom. The summed E-state index contributed by atoms with van der Waals surface area (Å²) in [7, 11) is 0. The molecule has 4 heteroatoms. The summed E-state index contributed by atoms with van der Waals surface area (Å²) in [4.78, 5) is 11.9. The van der Waals surface area contributed by atoms with Crippen molar-refractivity contribution in [2.24, 2.45) is 11.3 Å². The first-order valence-electron chi connectivity index (χ1n) is 7.11. The van der Waals surface area contributed by atoms with Crippen LogP contribution in [-0.4, -0.2) is 17.3 Å². The van der Waals surface area contributed by atoms with Crippen molar-refractivity contribution in [2.45, 2.75) is 46.1 Å². The van der Waals surface area contributed by atoms with Crippen molar-refractivity contribution in [1.29, 1.82) is 0 Å². The Labute approximate surface area is 120 Å². The molecular weight excluding hydrogens is 254 g/mol. The first-order valence-corrected chi connectivity index (χ1v) is 7.11. The van der Waals surface area contributed by atoms with Gasteiger partial charge in [0.2, 0.25) is 0 Å². The third-order valence-corrected chi connectivity index (χ3v) is 3.76. The van der Waals surface area contributed by atoms with Crippen LogP contribution in [0.4, 0.5) is 10.5 Å². The molecule has 2 rings (SSSR count). The van der Waals surface area contributed by atoms with Crippen LogP contribution in [0.1, 0.15) is 40.0 Å². The second kappa shape index (κ2) is 5.73. The smallest absolute Gasteiger partial charge is 0.412 e. The Bertz CT molecular complexity index is 484. The summed E-state index contributed by atoms with van der Waals surface area (Å²) < 4.78 is 5.50. The van der Waals surface area contributed by atoms with E-state index in [-0.39, 0.29) is 17.3 Å². The third kappa shape index (κ3) is 3.89. The van der Waals surface area contributed by atoms with Gasteiger partial charge in [-0.3, -0.25) is 5.32 Å². The van der Waals surface area contributed by atoms with Crippen LogP contribution in [-0.2, 0) is 4.74 Å². The van der Waals surface area contributed by atoms with Gasteiger partial charge in [0.1, 0.15) is 11.9 Å². The maximum absolute atomic E-state index is 11.9. The molecule has 1 aliphatic carbocycles. The number of amides is 1. The number of para-hydroxylation sites is 2. The summed E-state index contributed by atoms with van der Waals surface area (Å²) in [6, 6.07) is 6.63. The molecule has 0 aliphatic heterocycles. The third-order valence-electron chi connectivity index (χ3n) is 3.76. The van der Waals surface area contributed by atoms with Crippen LogP contribution in [0.2, 0.25) is 0 Å². The average Bonchev–Trinajstić information content (AvgIpc) is 2.29. The molecule has 1 aromatic carbocycles. The lowest BCUT2D eigenvalue weighted by molar-refractivity contribution is 0.0250. The number of anilines is 1. The first-order chi connectivity index (χ1) is 9.35. The molecule has 2 N–H and O–H groups in total. The summed E-state index contributed by atoms with van der Waals surface area (Å²) in [6.45, 7) is 6.61. The van der Waals surface area contributed by atoms with Crippen LogP contribution in [0.25, 0.3) is 0 Å². The van der Waals surface area contributed by atoms with Gasteiger partial charge in [0.15, 0.2) is 0 Å². The molecule has 2 unspecified atom stereocenters. The van der Waals surface area contributed by atoms with E-state index in [2.05, 4.69) is 26.1 Å². The highest BCUT2D eigenvalue weighted by molar-refractivity contribution is 5.86. The van der Waals surface area contributed by atoms with Crippen molar-refractivity contribution < 1.29 is 14.6 Å². The molecule has 1 fully saturated rings. The van der Waals surface area contributed by atoms with E-state index in [9.17, 15) is 9.90 Å². The van der Waals surface area contributed by atoms with E-state index < -0.39 is 6.09 Å². The zero-order valence-corrected chi connectivity index (χ0v) is 12.3. The number of phenolic OH excluding ortho intramolecular Hbond substituents is 1. The molecule has 1 aromatic rings. The van der Waals surface area contributed by atoms with Crippen LogP contribution in [0.3, 0.4) is 0 Å². The molecule has 0 radical (unpaired) electrons. The number of hydrogen-bond donors (Lipinski definition) is 2. The largest absolute Gasteiger partial charge is 0.506 e. The molecule has 4 nitrogen and oxygen atoms in total. The molecule has 1 saturated carbocycles. The van der Waals surface area contributed by atoms with Gasteiger partial charge in [0.25, 0.3) is 0 Å². The fraction of sp³-hybridized carbons (Fsp3) is 0.562. The van der Waals surface area contributed by atoms with Gasteiger partial charge in [-0.1, -0.05) is 32.9 Å². The minimum absolute atomic E-state index is 0.0433. The fourth-order valence-electron chi connectivity index (χ4n) is 3.22. The van der Waals surface area contributed by atoms with Crippen molar-refractivity contribution in [3.8, 4) is 5.75 Å². The molecule has 0 aromatic heterocycles. The lowest BCUT2D eigenvalue weighted by Crippen LogP contribution is -2.34. The Morgan fingerprint density at radius 2 is 2.05 bits per heavy atom. The van der Waals surface area contributed by atoms with E-state index in [1.807, 2.05) is 0 Å². The van der Waals surface area contributed by atoms with Crippen molar-refractivity contribution in [3.05, 3.63) is 24.3 Å². The maximum atomic E-state index is 11.9. The molecule has 0 saturated heterocycles. The number of nitrogens with one attached hydrogen (secondary N) is 1. The number of benzene rings is 1. The van der Waals surface area contributed by atoms with Gasteiger partial charge in [-0.25, -0.2) is 4.79 Å². The standard InChI is InChI=1S/C16H23NO3/c1-11-8-12(10-16(2,3)9-11)20-15(19)17-13-6-4-5-7-14(13)18/h4-7,11-12,18H,8-10H2,1-3H3,(H,17,19). The fourth-order valence-corrected chi connectivity index (χ4v) is 3.22. The van der Waals surface area contributed by atoms with E-state index in [0.717, 1.165) is 19.3 Å². The molecular formula is C16H23NO3. The predicted molar refractivity (Wildman–Crippen MR) is 78.8 cm³/mol. The second-order valence-corrected chi connectivity index (χ2v) is 6.58. The molecule has 110 valence electrons. The molecule has 20 heavy (non-hydrogen) atoms. The SMILES string of the molecule is CC1CC(OC(=O)Nc2ccccc2O)CC(C)(C)C1. The highest BCUT2D eigenvalue weighted by Crippen LogP contribution is 2.39. The Kier molecular flexibility index (Phi) is 4.21. The van der Waals surface area contributed by atoms with E-state index in [1.54, 1.807) is 18.2 Å². The average molecular weight is 277 g/mol. The summed E-state index contributed by atoms with van der Waals surface area (Å²) in [5, 5.41) is 12.2. The minimum Gasteiger partial charge on any atom is -0.506 e. The van der Waals surface area contributed by atoms with Gasteiger partial charge in [0, 0.05) is 0 Å². The zero-order chi connectivity index (χ0) is 14.8. The number of ether oxygens (including phenoxy) is 1. The van der Waals surface area contributed by atoms with Crippen LogP contribution in [0.15, 0.2) is 24.3 Å². The van der Waals surface area contributed by atoms with Crippen molar-refractivity contribution in [1.82, 2.24) is 0 Å². The van der Waals surface area contributed by atoms with Crippen LogP contribution in [0, 0.1) is 11.3 Å². The van der Waals surface area contributed by atoms with E-state index in [4.69, 9.17) is 4.74 Å². The lowest BCUT2D eigenvalue weighted by Gasteiger charge is -2.38. The number of aromatic hydroxyl groups is 1. The monoisotopic (exact) mass is 277 g/mol. The normalized spacial score (nSPS) is 24.9. The lowest BCUT2D eigenvalue weighted by atomic mass is 9.71. The van der Waals surface area contributed by atoms with Gasteiger partial charge in [-0.2, -0.15) is 0 Å². The van der Waals surface area contributed by atoms with Crippen LogP contribution < -0.4 is 5.32 Å². The number of hydrogen-bond acceptors (Lipinski definition) is 3. The molecule has 1 aliphatic rings.